The van der Waals surface area contributed by atoms with Gasteiger partial charge in [-0.05, 0) is 60.7 Å². The smallest absolute Gasteiger partial charge is 0.313 e. The van der Waals surface area contributed by atoms with Crippen LogP contribution in [0.5, 0.6) is 0 Å². The van der Waals surface area contributed by atoms with Gasteiger partial charge in [0.05, 0.1) is 16.0 Å². The van der Waals surface area contributed by atoms with Crippen LogP contribution in [-0.4, -0.2) is 31.8 Å². The molecule has 0 aliphatic carbocycles. The summed E-state index contributed by atoms with van der Waals surface area (Å²) in [4.78, 5) is 25.7. The molecule has 2 heterocycles. The molecule has 0 atom stereocenters. The number of carboxylic acids is 1. The van der Waals surface area contributed by atoms with Gasteiger partial charge in [-0.3, -0.25) is 4.79 Å². The van der Waals surface area contributed by atoms with E-state index >= 15 is 0 Å². The molecule has 0 bridgehead atoms. The average Bonchev–Trinajstić information content (AvgIpc) is 3.19. The number of aliphatic carboxylic acids is 1. The first kappa shape index (κ1) is 24.0. The first-order chi connectivity index (χ1) is 16.4. The zero-order chi connectivity index (χ0) is 24.1. The molecule has 0 spiro atoms. The van der Waals surface area contributed by atoms with Crippen LogP contribution in [0, 0.1) is 5.92 Å². The standard InChI is InChI=1S/C25H27N5O2S2/c1-4-16-5-10-20-21(12-16)34-25(28-20)30-22-13-18(11-15(2)3)27-24(29-22)26-17-6-8-19(9-7-17)33-14-23(31)32/h5-10,12-13,15H,4,11,14H2,1-3H3,(H,31,32)(H2,26,27,28,29,30). The summed E-state index contributed by atoms with van der Waals surface area (Å²) in [6, 6.07) is 15.9. The Morgan fingerprint density at radius 2 is 1.85 bits per heavy atom. The Labute approximate surface area is 207 Å². The second kappa shape index (κ2) is 10.8. The van der Waals surface area contributed by atoms with E-state index in [4.69, 9.17) is 15.1 Å². The van der Waals surface area contributed by atoms with Crippen LogP contribution in [0.1, 0.15) is 32.0 Å². The molecule has 3 N–H and O–H groups in total. The van der Waals surface area contributed by atoms with Crippen molar-refractivity contribution in [2.75, 3.05) is 16.4 Å². The van der Waals surface area contributed by atoms with Gasteiger partial charge in [0.25, 0.3) is 0 Å². The van der Waals surface area contributed by atoms with Crippen molar-refractivity contribution in [3.8, 4) is 0 Å². The number of aromatic nitrogens is 3. The van der Waals surface area contributed by atoms with Gasteiger partial charge in [-0.15, -0.1) is 11.8 Å². The Balaban J connectivity index is 1.55. The lowest BCUT2D eigenvalue weighted by molar-refractivity contribution is -0.133. The molecule has 0 saturated heterocycles. The first-order valence-corrected chi connectivity index (χ1v) is 12.9. The molecule has 2 aromatic heterocycles. The molecule has 4 rings (SSSR count). The third-order valence-corrected chi connectivity index (χ3v) is 6.90. The monoisotopic (exact) mass is 493 g/mol. The van der Waals surface area contributed by atoms with Crippen molar-refractivity contribution in [2.24, 2.45) is 5.92 Å². The molecule has 7 nitrogen and oxygen atoms in total. The SMILES string of the molecule is CCc1ccc2nc(Nc3cc(CC(C)C)nc(Nc4ccc(SCC(=O)O)cc4)n3)sc2c1. The molecule has 0 saturated carbocycles. The average molecular weight is 494 g/mol. The van der Waals surface area contributed by atoms with Crippen molar-refractivity contribution < 1.29 is 9.90 Å². The van der Waals surface area contributed by atoms with Crippen LogP contribution in [0.2, 0.25) is 0 Å². The van der Waals surface area contributed by atoms with Gasteiger partial charge >= 0.3 is 5.97 Å². The number of carbonyl (C=O) groups is 1. The maximum absolute atomic E-state index is 10.8. The van der Waals surface area contributed by atoms with Gasteiger partial charge in [-0.1, -0.05) is 38.2 Å². The van der Waals surface area contributed by atoms with Gasteiger partial charge in [0.2, 0.25) is 5.95 Å². The summed E-state index contributed by atoms with van der Waals surface area (Å²) in [7, 11) is 0. The molecule has 0 amide bonds. The van der Waals surface area contributed by atoms with Crippen LogP contribution in [0.15, 0.2) is 53.4 Å². The van der Waals surface area contributed by atoms with E-state index in [-0.39, 0.29) is 5.75 Å². The molecule has 4 aromatic rings. The van der Waals surface area contributed by atoms with E-state index in [1.807, 2.05) is 30.3 Å². The van der Waals surface area contributed by atoms with Crippen LogP contribution in [-0.2, 0) is 17.6 Å². The van der Waals surface area contributed by atoms with Crippen molar-refractivity contribution in [1.29, 1.82) is 0 Å². The second-order valence-electron chi connectivity index (χ2n) is 8.30. The topological polar surface area (TPSA) is 100 Å². The summed E-state index contributed by atoms with van der Waals surface area (Å²) in [5.41, 5.74) is 4.04. The van der Waals surface area contributed by atoms with Crippen molar-refractivity contribution in [2.45, 2.75) is 38.5 Å². The van der Waals surface area contributed by atoms with Crippen LogP contribution >= 0.6 is 23.1 Å². The summed E-state index contributed by atoms with van der Waals surface area (Å²) in [5, 5.41) is 16.3. The van der Waals surface area contributed by atoms with Gasteiger partial charge < -0.3 is 15.7 Å². The highest BCUT2D eigenvalue weighted by Crippen LogP contribution is 2.30. The van der Waals surface area contributed by atoms with Crippen molar-refractivity contribution in [3.63, 3.8) is 0 Å². The Morgan fingerprint density at radius 1 is 1.06 bits per heavy atom. The largest absolute Gasteiger partial charge is 0.481 e. The normalized spacial score (nSPS) is 11.2. The molecule has 2 aromatic carbocycles. The molecule has 0 radical (unpaired) electrons. The predicted octanol–water partition coefficient (Wildman–Crippen LogP) is 6.51. The van der Waals surface area contributed by atoms with Crippen LogP contribution in [0.25, 0.3) is 10.2 Å². The van der Waals surface area contributed by atoms with E-state index in [0.29, 0.717) is 17.7 Å². The molecular formula is C25H27N5O2S2. The van der Waals surface area contributed by atoms with Gasteiger partial charge in [-0.25, -0.2) is 9.97 Å². The third-order valence-electron chi connectivity index (χ3n) is 4.97. The Morgan fingerprint density at radius 3 is 2.56 bits per heavy atom. The number of anilines is 4. The van der Waals surface area contributed by atoms with E-state index in [1.165, 1.54) is 17.3 Å². The molecule has 9 heteroatoms. The lowest BCUT2D eigenvalue weighted by Gasteiger charge is -2.12. The number of carboxylic acid groups (broad SMARTS) is 1. The van der Waals surface area contributed by atoms with Crippen LogP contribution in [0.4, 0.5) is 22.6 Å². The molecule has 0 aliphatic rings. The highest BCUT2D eigenvalue weighted by molar-refractivity contribution is 8.00. The quantitative estimate of drug-likeness (QED) is 0.215. The highest BCUT2D eigenvalue weighted by Gasteiger charge is 2.11. The van der Waals surface area contributed by atoms with Gasteiger partial charge in [-0.2, -0.15) is 4.98 Å². The Bertz CT molecular complexity index is 1290. The number of nitrogens with zero attached hydrogens (tertiary/aromatic N) is 3. The minimum atomic E-state index is -0.832. The fourth-order valence-electron chi connectivity index (χ4n) is 3.40. The molecule has 176 valence electrons. The van der Waals surface area contributed by atoms with E-state index in [0.717, 1.165) is 44.5 Å². The second-order valence-corrected chi connectivity index (χ2v) is 10.4. The highest BCUT2D eigenvalue weighted by atomic mass is 32.2. The number of thioether (sulfide) groups is 1. The zero-order valence-corrected chi connectivity index (χ0v) is 21.0. The maximum atomic E-state index is 10.8. The summed E-state index contributed by atoms with van der Waals surface area (Å²) in [6.45, 7) is 6.47. The number of aryl methyl sites for hydroxylation is 1. The number of benzene rings is 2. The summed E-state index contributed by atoms with van der Waals surface area (Å²) in [5.74, 6) is 0.850. The number of nitrogens with one attached hydrogen (secondary N) is 2. The lowest BCUT2D eigenvalue weighted by atomic mass is 10.1. The Hall–Kier alpha value is -3.17. The molecular weight excluding hydrogens is 466 g/mol. The fraction of sp³-hybridized carbons (Fsp3) is 0.280. The first-order valence-electron chi connectivity index (χ1n) is 11.1. The van der Waals surface area contributed by atoms with Crippen LogP contribution < -0.4 is 10.6 Å². The summed E-state index contributed by atoms with van der Waals surface area (Å²) < 4.78 is 1.15. The van der Waals surface area contributed by atoms with Gasteiger partial charge in [0, 0.05) is 22.3 Å². The van der Waals surface area contributed by atoms with E-state index < -0.39 is 5.97 Å². The number of hydrogen-bond donors (Lipinski definition) is 3. The van der Waals surface area contributed by atoms with Gasteiger partial charge in [0.1, 0.15) is 5.82 Å². The number of hydrogen-bond acceptors (Lipinski definition) is 8. The third kappa shape index (κ3) is 6.45. The lowest BCUT2D eigenvalue weighted by Crippen LogP contribution is -2.06. The fourth-order valence-corrected chi connectivity index (χ4v) is 4.96. The van der Waals surface area contributed by atoms with Gasteiger partial charge in [0.15, 0.2) is 5.13 Å². The number of thiazole rings is 1. The minimum Gasteiger partial charge on any atom is -0.481 e. The minimum absolute atomic E-state index is 0.0354. The Kier molecular flexibility index (Phi) is 7.64. The maximum Gasteiger partial charge on any atom is 0.313 e. The zero-order valence-electron chi connectivity index (χ0n) is 19.3. The van der Waals surface area contributed by atoms with E-state index in [2.05, 4.69) is 54.6 Å². The van der Waals surface area contributed by atoms with E-state index in [9.17, 15) is 4.79 Å². The summed E-state index contributed by atoms with van der Waals surface area (Å²) in [6.07, 6.45) is 1.83. The van der Waals surface area contributed by atoms with Crippen molar-refractivity contribution in [3.05, 3.63) is 59.8 Å². The number of rotatable bonds is 10. The summed E-state index contributed by atoms with van der Waals surface area (Å²) >= 11 is 2.90. The predicted molar refractivity (Wildman–Crippen MR) is 141 cm³/mol. The molecule has 0 fully saturated rings. The molecule has 0 unspecified atom stereocenters. The molecule has 34 heavy (non-hydrogen) atoms. The molecule has 0 aliphatic heterocycles. The van der Waals surface area contributed by atoms with Crippen LogP contribution in [0.3, 0.4) is 0 Å². The van der Waals surface area contributed by atoms with Crippen molar-refractivity contribution in [1.82, 2.24) is 15.0 Å². The number of fused-ring (bicyclic) bond motifs is 1. The van der Waals surface area contributed by atoms with E-state index in [1.54, 1.807) is 11.3 Å². The van der Waals surface area contributed by atoms with Crippen molar-refractivity contribution >= 4 is 61.9 Å².